The summed E-state index contributed by atoms with van der Waals surface area (Å²) in [7, 11) is -7.75. The number of nitrogens with two attached hydrogens (primary N) is 1. The predicted molar refractivity (Wildman–Crippen MR) is 70.3 cm³/mol. The fraction of sp³-hybridized carbons (Fsp3) is 0.400. The van der Waals surface area contributed by atoms with Crippen LogP contribution < -0.4 is 10.5 Å². The van der Waals surface area contributed by atoms with Crippen LogP contribution in [0.15, 0.2) is 17.0 Å². The van der Waals surface area contributed by atoms with E-state index in [9.17, 15) is 25.6 Å². The van der Waals surface area contributed by atoms with E-state index in [-0.39, 0.29) is 11.4 Å². The molecule has 0 spiro atoms. The summed E-state index contributed by atoms with van der Waals surface area (Å²) in [4.78, 5) is -0.955. The molecule has 1 rings (SSSR count). The summed E-state index contributed by atoms with van der Waals surface area (Å²) in [5, 5.41) is 0. The zero-order chi connectivity index (χ0) is 15.6. The average molecular weight is 328 g/mol. The molecule has 0 aromatic heterocycles. The lowest BCUT2D eigenvalue weighted by Crippen LogP contribution is -2.30. The third-order valence-corrected chi connectivity index (χ3v) is 5.62. The molecule has 1 aromatic rings. The summed E-state index contributed by atoms with van der Waals surface area (Å²) < 4.78 is 74.4. The lowest BCUT2D eigenvalue weighted by molar-refractivity contribution is 0.484. The maximum atomic E-state index is 13.4. The summed E-state index contributed by atoms with van der Waals surface area (Å²) in [6, 6.07) is 1.41. The first-order chi connectivity index (χ1) is 9.09. The summed E-state index contributed by atoms with van der Waals surface area (Å²) in [5.41, 5.74) is 4.99. The van der Waals surface area contributed by atoms with Gasteiger partial charge >= 0.3 is 0 Å². The van der Waals surface area contributed by atoms with Crippen LogP contribution in [0.2, 0.25) is 0 Å². The van der Waals surface area contributed by atoms with Crippen LogP contribution in [-0.4, -0.2) is 34.9 Å². The van der Waals surface area contributed by atoms with E-state index in [1.54, 1.807) is 0 Å². The number of sulfonamides is 1. The highest BCUT2D eigenvalue weighted by molar-refractivity contribution is 7.91. The maximum Gasteiger partial charge on any atom is 0.243 e. The van der Waals surface area contributed by atoms with Gasteiger partial charge in [-0.25, -0.2) is 30.3 Å². The highest BCUT2D eigenvalue weighted by Crippen LogP contribution is 2.20. The van der Waals surface area contributed by atoms with Gasteiger partial charge in [0, 0.05) is 18.0 Å². The van der Waals surface area contributed by atoms with Crippen LogP contribution >= 0.6 is 0 Å². The van der Waals surface area contributed by atoms with E-state index >= 15 is 0 Å². The van der Waals surface area contributed by atoms with Crippen molar-refractivity contribution in [3.8, 4) is 0 Å². The molecule has 0 aliphatic heterocycles. The van der Waals surface area contributed by atoms with Crippen molar-refractivity contribution in [1.82, 2.24) is 4.72 Å². The Hall–Kier alpha value is -1.26. The van der Waals surface area contributed by atoms with Gasteiger partial charge in [0.2, 0.25) is 10.0 Å². The molecule has 0 heterocycles. The molecule has 0 fully saturated rings. The molecule has 0 aliphatic rings. The number of sulfone groups is 1. The zero-order valence-electron chi connectivity index (χ0n) is 10.6. The molecule has 0 aliphatic carbocycles. The average Bonchev–Trinajstić information content (AvgIpc) is 2.33. The van der Waals surface area contributed by atoms with Crippen LogP contribution in [0.1, 0.15) is 6.92 Å². The maximum absolute atomic E-state index is 13.4. The van der Waals surface area contributed by atoms with E-state index in [0.29, 0.717) is 6.07 Å². The Morgan fingerprint density at radius 3 is 2.35 bits per heavy atom. The van der Waals surface area contributed by atoms with E-state index in [2.05, 4.69) is 0 Å². The SMILES string of the molecule is CCS(=O)(=O)CCNS(=O)(=O)c1cc(N)cc(F)c1F. The van der Waals surface area contributed by atoms with Crippen molar-refractivity contribution in [2.75, 3.05) is 23.8 Å². The quantitative estimate of drug-likeness (QED) is 0.729. The first-order valence-electron chi connectivity index (χ1n) is 5.53. The third kappa shape index (κ3) is 4.12. The summed E-state index contributed by atoms with van der Waals surface area (Å²) in [5.74, 6) is -3.54. The summed E-state index contributed by atoms with van der Waals surface area (Å²) in [6.45, 7) is 0.977. The van der Waals surface area contributed by atoms with Gasteiger partial charge in [-0.05, 0) is 12.1 Å². The molecular weight excluding hydrogens is 314 g/mol. The molecular formula is C10H14F2N2O4S2. The topological polar surface area (TPSA) is 106 Å². The van der Waals surface area contributed by atoms with Crippen LogP contribution in [0.4, 0.5) is 14.5 Å². The second-order valence-electron chi connectivity index (χ2n) is 3.95. The van der Waals surface area contributed by atoms with Gasteiger partial charge in [0.25, 0.3) is 0 Å². The lowest BCUT2D eigenvalue weighted by Gasteiger charge is -2.09. The standard InChI is InChI=1S/C10H14F2N2O4S2/c1-2-19(15,16)4-3-14-20(17,18)9-6-7(13)5-8(11)10(9)12/h5-6,14H,2-4,13H2,1H3. The fourth-order valence-electron chi connectivity index (χ4n) is 1.33. The van der Waals surface area contributed by atoms with E-state index < -0.39 is 48.7 Å². The van der Waals surface area contributed by atoms with Crippen molar-refractivity contribution in [2.24, 2.45) is 0 Å². The van der Waals surface area contributed by atoms with Crippen molar-refractivity contribution in [3.05, 3.63) is 23.8 Å². The Bertz CT molecular complexity index is 702. The minimum absolute atomic E-state index is 0.143. The van der Waals surface area contributed by atoms with E-state index in [0.717, 1.165) is 6.07 Å². The molecule has 1 aromatic carbocycles. The Kier molecular flexibility index (Phi) is 5.05. The minimum Gasteiger partial charge on any atom is -0.399 e. The Balaban J connectivity index is 2.96. The highest BCUT2D eigenvalue weighted by atomic mass is 32.2. The number of hydrogen-bond donors (Lipinski definition) is 2. The van der Waals surface area contributed by atoms with Gasteiger partial charge in [-0.15, -0.1) is 0 Å². The minimum atomic E-state index is -4.38. The molecule has 0 amide bonds. The second-order valence-corrected chi connectivity index (χ2v) is 8.16. The van der Waals surface area contributed by atoms with Crippen LogP contribution in [0, 0.1) is 11.6 Å². The largest absolute Gasteiger partial charge is 0.399 e. The van der Waals surface area contributed by atoms with Gasteiger partial charge in [-0.1, -0.05) is 6.92 Å². The van der Waals surface area contributed by atoms with Crippen LogP contribution in [0.3, 0.4) is 0 Å². The van der Waals surface area contributed by atoms with Crippen molar-refractivity contribution < 1.29 is 25.6 Å². The van der Waals surface area contributed by atoms with Crippen molar-refractivity contribution in [2.45, 2.75) is 11.8 Å². The number of rotatable bonds is 6. The monoisotopic (exact) mass is 328 g/mol. The van der Waals surface area contributed by atoms with Crippen molar-refractivity contribution >= 4 is 25.5 Å². The number of halogens is 2. The van der Waals surface area contributed by atoms with Gasteiger partial charge < -0.3 is 5.73 Å². The van der Waals surface area contributed by atoms with Crippen molar-refractivity contribution in [3.63, 3.8) is 0 Å². The second kappa shape index (κ2) is 6.02. The van der Waals surface area contributed by atoms with Gasteiger partial charge in [-0.2, -0.15) is 0 Å². The first-order valence-corrected chi connectivity index (χ1v) is 8.84. The molecule has 6 nitrogen and oxygen atoms in total. The Morgan fingerprint density at radius 1 is 1.20 bits per heavy atom. The van der Waals surface area contributed by atoms with E-state index in [1.807, 2.05) is 4.72 Å². The first kappa shape index (κ1) is 16.8. The zero-order valence-corrected chi connectivity index (χ0v) is 12.2. The smallest absolute Gasteiger partial charge is 0.243 e. The van der Waals surface area contributed by atoms with Gasteiger partial charge in [0.05, 0.1) is 5.75 Å². The normalized spacial score (nSPS) is 12.6. The molecule has 0 bridgehead atoms. The molecule has 114 valence electrons. The Morgan fingerprint density at radius 2 is 1.80 bits per heavy atom. The highest BCUT2D eigenvalue weighted by Gasteiger charge is 2.23. The van der Waals surface area contributed by atoms with Gasteiger partial charge in [0.1, 0.15) is 4.90 Å². The number of nitrogens with one attached hydrogen (secondary N) is 1. The van der Waals surface area contributed by atoms with Gasteiger partial charge in [-0.3, -0.25) is 0 Å². The molecule has 0 radical (unpaired) electrons. The number of benzene rings is 1. The Labute approximate surface area is 115 Å². The molecule has 0 atom stereocenters. The van der Waals surface area contributed by atoms with Gasteiger partial charge in [0.15, 0.2) is 21.5 Å². The van der Waals surface area contributed by atoms with Crippen LogP contribution in [-0.2, 0) is 19.9 Å². The van der Waals surface area contributed by atoms with Crippen LogP contribution in [0.5, 0.6) is 0 Å². The number of anilines is 1. The summed E-state index contributed by atoms with van der Waals surface area (Å²) in [6.07, 6.45) is 0. The molecule has 10 heteroatoms. The fourth-order valence-corrected chi connectivity index (χ4v) is 3.31. The number of hydrogen-bond acceptors (Lipinski definition) is 5. The molecule has 0 unspecified atom stereocenters. The number of nitrogen functional groups attached to an aromatic ring is 1. The summed E-state index contributed by atoms with van der Waals surface area (Å²) >= 11 is 0. The predicted octanol–water partition coefficient (Wildman–Crippen LogP) is 0.260. The molecule has 0 saturated heterocycles. The molecule has 20 heavy (non-hydrogen) atoms. The van der Waals surface area contributed by atoms with Crippen LogP contribution in [0.25, 0.3) is 0 Å². The lowest BCUT2D eigenvalue weighted by atomic mass is 10.3. The van der Waals surface area contributed by atoms with E-state index in [1.165, 1.54) is 6.92 Å². The molecule has 0 saturated carbocycles. The molecule has 3 N–H and O–H groups in total. The third-order valence-electron chi connectivity index (χ3n) is 2.45. The van der Waals surface area contributed by atoms with Crippen molar-refractivity contribution in [1.29, 1.82) is 0 Å². The van der Waals surface area contributed by atoms with E-state index in [4.69, 9.17) is 5.73 Å².